The number of aromatic nitrogens is 5. The first kappa shape index (κ1) is 20.3. The van der Waals surface area contributed by atoms with E-state index in [1.807, 2.05) is 13.8 Å². The van der Waals surface area contributed by atoms with Crippen molar-refractivity contribution in [1.29, 1.82) is 0 Å². The summed E-state index contributed by atoms with van der Waals surface area (Å²) in [6.07, 6.45) is 3.14. The maximum atomic E-state index is 12.4. The number of aromatic amines is 1. The normalized spacial score (nSPS) is 11.1. The molecule has 0 aliphatic carbocycles. The third kappa shape index (κ3) is 4.20. The zero-order valence-electron chi connectivity index (χ0n) is 16.4. The molecule has 3 aromatic rings. The number of unbranched alkanes of at least 4 members (excludes halogenated alkanes) is 1. The van der Waals surface area contributed by atoms with Crippen LogP contribution in [-0.4, -0.2) is 29.6 Å². The van der Waals surface area contributed by atoms with Crippen molar-refractivity contribution in [3.05, 3.63) is 61.4 Å². The predicted octanol–water partition coefficient (Wildman–Crippen LogP) is 0.611. The maximum Gasteiger partial charge on any atom is 0.330 e. The Morgan fingerprint density at radius 3 is 2.66 bits per heavy atom. The number of ether oxygens (including phenoxy) is 1. The molecule has 1 N–H and O–H groups in total. The highest BCUT2D eigenvalue weighted by Crippen LogP contribution is 2.13. The molecule has 3 rings (SSSR count). The highest BCUT2D eigenvalue weighted by atomic mass is 16.5. The second kappa shape index (κ2) is 8.72. The SMILES string of the molecule is CCCCn1c(=O)[nH]c(=O)c2c1nc(COC(=O)Cn1ccccc1=O)n2CC. The molecular weight excluding hydrogens is 378 g/mol. The monoisotopic (exact) mass is 401 g/mol. The standard InChI is InChI=1S/C19H23N5O5/c1-3-5-10-24-17-16(18(27)21-19(24)28)23(4-2)13(20-17)12-29-15(26)11-22-9-7-6-8-14(22)25/h6-9H,3-5,10-12H2,1-2H3,(H,21,27,28). The molecule has 0 amide bonds. The minimum atomic E-state index is -0.606. The quantitative estimate of drug-likeness (QED) is 0.552. The lowest BCUT2D eigenvalue weighted by Gasteiger charge is -2.08. The lowest BCUT2D eigenvalue weighted by Crippen LogP contribution is -2.31. The number of esters is 1. The van der Waals surface area contributed by atoms with Gasteiger partial charge in [-0.15, -0.1) is 0 Å². The van der Waals surface area contributed by atoms with Gasteiger partial charge in [0.15, 0.2) is 11.2 Å². The first-order chi connectivity index (χ1) is 14.0. The van der Waals surface area contributed by atoms with E-state index in [4.69, 9.17) is 4.74 Å². The molecule has 0 aromatic carbocycles. The van der Waals surface area contributed by atoms with Crippen LogP contribution < -0.4 is 16.8 Å². The number of H-pyrrole nitrogens is 1. The topological polar surface area (TPSA) is 121 Å². The molecular formula is C19H23N5O5. The third-order valence-corrected chi connectivity index (χ3v) is 4.58. The van der Waals surface area contributed by atoms with Crippen LogP contribution in [-0.2, 0) is 35.8 Å². The average molecular weight is 401 g/mol. The zero-order valence-corrected chi connectivity index (χ0v) is 16.4. The lowest BCUT2D eigenvalue weighted by molar-refractivity contribution is -0.146. The number of pyridine rings is 1. The van der Waals surface area contributed by atoms with Crippen LogP contribution in [0.3, 0.4) is 0 Å². The number of rotatable bonds is 8. The summed E-state index contributed by atoms with van der Waals surface area (Å²) in [4.78, 5) is 55.2. The summed E-state index contributed by atoms with van der Waals surface area (Å²) in [6.45, 7) is 4.27. The summed E-state index contributed by atoms with van der Waals surface area (Å²) >= 11 is 0. The van der Waals surface area contributed by atoms with E-state index < -0.39 is 17.2 Å². The summed E-state index contributed by atoms with van der Waals surface area (Å²) in [6, 6.07) is 4.59. The van der Waals surface area contributed by atoms with E-state index in [2.05, 4.69) is 9.97 Å². The van der Waals surface area contributed by atoms with Gasteiger partial charge in [0, 0.05) is 25.4 Å². The highest BCUT2D eigenvalue weighted by Gasteiger charge is 2.18. The van der Waals surface area contributed by atoms with Gasteiger partial charge in [-0.1, -0.05) is 19.4 Å². The number of hydrogen-bond donors (Lipinski definition) is 1. The number of imidazole rings is 1. The maximum absolute atomic E-state index is 12.4. The fourth-order valence-corrected chi connectivity index (χ4v) is 3.11. The van der Waals surface area contributed by atoms with Crippen LogP contribution in [0, 0.1) is 0 Å². The van der Waals surface area contributed by atoms with E-state index in [9.17, 15) is 19.2 Å². The Kier molecular flexibility index (Phi) is 6.10. The second-order valence-corrected chi connectivity index (χ2v) is 6.54. The minimum absolute atomic E-state index is 0.176. The Morgan fingerprint density at radius 2 is 1.97 bits per heavy atom. The predicted molar refractivity (Wildman–Crippen MR) is 106 cm³/mol. The van der Waals surface area contributed by atoms with Gasteiger partial charge in [0.1, 0.15) is 19.0 Å². The second-order valence-electron chi connectivity index (χ2n) is 6.54. The van der Waals surface area contributed by atoms with Gasteiger partial charge in [-0.3, -0.25) is 23.9 Å². The van der Waals surface area contributed by atoms with E-state index >= 15 is 0 Å². The summed E-state index contributed by atoms with van der Waals surface area (Å²) in [5, 5.41) is 0. The Morgan fingerprint density at radius 1 is 1.17 bits per heavy atom. The van der Waals surface area contributed by atoms with Crippen molar-refractivity contribution >= 4 is 17.1 Å². The zero-order chi connectivity index (χ0) is 21.0. The molecule has 3 heterocycles. The van der Waals surface area contributed by atoms with Crippen molar-refractivity contribution in [3.8, 4) is 0 Å². The van der Waals surface area contributed by atoms with Gasteiger partial charge in [0.05, 0.1) is 0 Å². The molecule has 10 nitrogen and oxygen atoms in total. The van der Waals surface area contributed by atoms with Gasteiger partial charge >= 0.3 is 11.7 Å². The van der Waals surface area contributed by atoms with Gasteiger partial charge in [-0.2, -0.15) is 0 Å². The fourth-order valence-electron chi connectivity index (χ4n) is 3.11. The van der Waals surface area contributed by atoms with Gasteiger partial charge in [-0.05, 0) is 19.4 Å². The van der Waals surface area contributed by atoms with Gasteiger partial charge in [0.2, 0.25) is 0 Å². The Balaban J connectivity index is 1.89. The van der Waals surface area contributed by atoms with E-state index in [0.29, 0.717) is 18.9 Å². The number of nitrogens with zero attached hydrogens (tertiary/aromatic N) is 4. The first-order valence-electron chi connectivity index (χ1n) is 9.49. The van der Waals surface area contributed by atoms with Crippen molar-refractivity contribution in [2.24, 2.45) is 0 Å². The number of carbonyl (C=O) groups is 1. The molecule has 0 aliphatic rings. The minimum Gasteiger partial charge on any atom is -0.456 e. The van der Waals surface area contributed by atoms with Crippen LogP contribution in [0.4, 0.5) is 0 Å². The molecule has 0 atom stereocenters. The summed E-state index contributed by atoms with van der Waals surface area (Å²) in [5.74, 6) is -0.247. The van der Waals surface area contributed by atoms with Crippen molar-refractivity contribution in [2.45, 2.75) is 52.9 Å². The fraction of sp³-hybridized carbons (Fsp3) is 0.421. The Hall–Kier alpha value is -3.43. The molecule has 0 aliphatic heterocycles. The molecule has 0 fully saturated rings. The number of fused-ring (bicyclic) bond motifs is 1. The molecule has 0 saturated carbocycles. The molecule has 0 radical (unpaired) electrons. The Bertz CT molecular complexity index is 1200. The largest absolute Gasteiger partial charge is 0.456 e. The molecule has 0 bridgehead atoms. The number of hydrogen-bond acceptors (Lipinski definition) is 6. The van der Waals surface area contributed by atoms with E-state index in [1.54, 1.807) is 16.7 Å². The van der Waals surface area contributed by atoms with Crippen molar-refractivity contribution < 1.29 is 9.53 Å². The number of carbonyl (C=O) groups excluding carboxylic acids is 1. The van der Waals surface area contributed by atoms with Crippen LogP contribution >= 0.6 is 0 Å². The van der Waals surface area contributed by atoms with Crippen LogP contribution in [0.2, 0.25) is 0 Å². The highest BCUT2D eigenvalue weighted by molar-refractivity contribution is 5.71. The van der Waals surface area contributed by atoms with E-state index in [1.165, 1.54) is 21.4 Å². The van der Waals surface area contributed by atoms with Crippen LogP contribution in [0.25, 0.3) is 11.2 Å². The van der Waals surface area contributed by atoms with Crippen molar-refractivity contribution in [1.82, 2.24) is 23.7 Å². The Labute approximate surface area is 165 Å². The molecule has 0 saturated heterocycles. The number of aryl methyl sites for hydroxylation is 2. The molecule has 0 unspecified atom stereocenters. The number of nitrogens with one attached hydrogen (secondary N) is 1. The summed E-state index contributed by atoms with van der Waals surface area (Å²) in [7, 11) is 0. The summed E-state index contributed by atoms with van der Waals surface area (Å²) in [5.41, 5.74) is -0.797. The first-order valence-corrected chi connectivity index (χ1v) is 9.49. The van der Waals surface area contributed by atoms with E-state index in [-0.39, 0.29) is 29.9 Å². The van der Waals surface area contributed by atoms with E-state index in [0.717, 1.165) is 12.8 Å². The van der Waals surface area contributed by atoms with Gasteiger partial charge in [-0.25, -0.2) is 9.78 Å². The van der Waals surface area contributed by atoms with Crippen LogP contribution in [0.15, 0.2) is 38.8 Å². The molecule has 154 valence electrons. The van der Waals surface area contributed by atoms with Crippen LogP contribution in [0.5, 0.6) is 0 Å². The van der Waals surface area contributed by atoms with Gasteiger partial charge in [0.25, 0.3) is 11.1 Å². The smallest absolute Gasteiger partial charge is 0.330 e. The third-order valence-electron chi connectivity index (χ3n) is 4.58. The average Bonchev–Trinajstić information content (AvgIpc) is 3.07. The molecule has 3 aromatic heterocycles. The van der Waals surface area contributed by atoms with Crippen molar-refractivity contribution in [3.63, 3.8) is 0 Å². The van der Waals surface area contributed by atoms with Gasteiger partial charge < -0.3 is 13.9 Å². The molecule has 29 heavy (non-hydrogen) atoms. The molecule has 10 heteroatoms. The van der Waals surface area contributed by atoms with Crippen LogP contribution in [0.1, 0.15) is 32.5 Å². The summed E-state index contributed by atoms with van der Waals surface area (Å²) < 4.78 is 9.56. The molecule has 0 spiro atoms. The lowest BCUT2D eigenvalue weighted by atomic mass is 10.3. The van der Waals surface area contributed by atoms with Crippen molar-refractivity contribution in [2.75, 3.05) is 0 Å².